The molecule has 0 bridgehead atoms. The van der Waals surface area contributed by atoms with Crippen LogP contribution < -0.4 is 0 Å². The van der Waals surface area contributed by atoms with E-state index in [1.807, 2.05) is 0 Å². The lowest BCUT2D eigenvalue weighted by atomic mass is 10.0. The molecular formula is C16H28O7S. The molecule has 8 heteroatoms. The van der Waals surface area contributed by atoms with Crippen molar-refractivity contribution in [3.63, 3.8) is 0 Å². The van der Waals surface area contributed by atoms with Crippen molar-refractivity contribution in [2.24, 2.45) is 0 Å². The van der Waals surface area contributed by atoms with E-state index in [0.717, 1.165) is 31.8 Å². The fourth-order valence-corrected chi connectivity index (χ4v) is 3.18. The van der Waals surface area contributed by atoms with Crippen molar-refractivity contribution in [3.8, 4) is 0 Å². The Morgan fingerprint density at radius 3 is 1.88 bits per heavy atom. The summed E-state index contributed by atoms with van der Waals surface area (Å²) in [6.07, 6.45) is 10.0. The second-order valence-corrected chi connectivity index (χ2v) is 7.58. The van der Waals surface area contributed by atoms with Crippen LogP contribution in [-0.2, 0) is 19.7 Å². The van der Waals surface area contributed by atoms with Crippen LogP contribution in [0.1, 0.15) is 71.1 Å². The largest absolute Gasteiger partial charge is 0.481 e. The van der Waals surface area contributed by atoms with E-state index < -0.39 is 33.2 Å². The Bertz CT molecular complexity index is 525. The van der Waals surface area contributed by atoms with Crippen LogP contribution in [0, 0.1) is 0 Å². The summed E-state index contributed by atoms with van der Waals surface area (Å²) in [6, 6.07) is 0. The van der Waals surface area contributed by atoms with Crippen LogP contribution in [0.15, 0.2) is 12.2 Å². The maximum absolute atomic E-state index is 11.4. The number of carbonyl (C=O) groups is 2. The molecule has 0 aromatic heterocycles. The second kappa shape index (κ2) is 11.2. The SMILES string of the molecule is CCCCCCCCCC/C=C/C(CC(=O)O)(C(=O)O)S(=O)(=O)O. The van der Waals surface area contributed by atoms with Crippen molar-refractivity contribution in [2.45, 2.75) is 75.9 Å². The Hall–Kier alpha value is -1.41. The minimum Gasteiger partial charge on any atom is -0.481 e. The highest BCUT2D eigenvalue weighted by atomic mass is 32.2. The molecule has 0 heterocycles. The molecule has 0 aromatic carbocycles. The maximum Gasteiger partial charge on any atom is 0.332 e. The summed E-state index contributed by atoms with van der Waals surface area (Å²) >= 11 is 0. The molecule has 0 spiro atoms. The van der Waals surface area contributed by atoms with Gasteiger partial charge in [0, 0.05) is 0 Å². The second-order valence-electron chi connectivity index (χ2n) is 5.91. The van der Waals surface area contributed by atoms with Gasteiger partial charge in [-0.2, -0.15) is 8.42 Å². The Balaban J connectivity index is 4.48. The lowest BCUT2D eigenvalue weighted by Crippen LogP contribution is -2.46. The highest BCUT2D eigenvalue weighted by Gasteiger charge is 2.50. The van der Waals surface area contributed by atoms with Gasteiger partial charge in [-0.25, -0.2) is 0 Å². The van der Waals surface area contributed by atoms with Crippen LogP contribution in [0.5, 0.6) is 0 Å². The fraction of sp³-hybridized carbons (Fsp3) is 0.750. The quantitative estimate of drug-likeness (QED) is 0.245. The molecule has 0 aliphatic rings. The van der Waals surface area contributed by atoms with Crippen molar-refractivity contribution < 1.29 is 32.8 Å². The first-order valence-electron chi connectivity index (χ1n) is 8.27. The highest BCUT2D eigenvalue weighted by molar-refractivity contribution is 7.88. The Kier molecular flexibility index (Phi) is 10.5. The van der Waals surface area contributed by atoms with Gasteiger partial charge in [0.15, 0.2) is 0 Å². The molecule has 0 radical (unpaired) electrons. The lowest BCUT2D eigenvalue weighted by Gasteiger charge is -2.20. The molecule has 0 rings (SSSR count). The van der Waals surface area contributed by atoms with Crippen LogP contribution in [0.2, 0.25) is 0 Å². The average molecular weight is 364 g/mol. The number of allylic oxidation sites excluding steroid dienone is 1. The topological polar surface area (TPSA) is 129 Å². The van der Waals surface area contributed by atoms with E-state index in [4.69, 9.17) is 14.8 Å². The van der Waals surface area contributed by atoms with E-state index in [9.17, 15) is 18.0 Å². The minimum atomic E-state index is -5.10. The molecule has 7 nitrogen and oxygen atoms in total. The lowest BCUT2D eigenvalue weighted by molar-refractivity contribution is -0.145. The number of rotatable bonds is 14. The third-order valence-electron chi connectivity index (χ3n) is 3.85. The normalized spacial score (nSPS) is 14.6. The third-order valence-corrected chi connectivity index (χ3v) is 5.22. The summed E-state index contributed by atoms with van der Waals surface area (Å²) in [5, 5.41) is 17.8. The van der Waals surface area contributed by atoms with Crippen LogP contribution in [0.3, 0.4) is 0 Å². The Labute approximate surface area is 143 Å². The Morgan fingerprint density at radius 2 is 1.46 bits per heavy atom. The fourth-order valence-electron chi connectivity index (χ4n) is 2.39. The van der Waals surface area contributed by atoms with Crippen LogP contribution in [0.4, 0.5) is 0 Å². The van der Waals surface area contributed by atoms with Crippen LogP contribution in [-0.4, -0.2) is 39.9 Å². The van der Waals surface area contributed by atoms with Gasteiger partial charge in [-0.3, -0.25) is 14.1 Å². The zero-order valence-corrected chi connectivity index (χ0v) is 14.9. The number of hydrogen-bond acceptors (Lipinski definition) is 4. The van der Waals surface area contributed by atoms with E-state index in [1.54, 1.807) is 0 Å². The molecule has 140 valence electrons. The van der Waals surface area contributed by atoms with Gasteiger partial charge in [-0.1, -0.05) is 64.0 Å². The molecule has 0 fully saturated rings. The summed E-state index contributed by atoms with van der Waals surface area (Å²) in [5.41, 5.74) is 0. The molecule has 1 atom stereocenters. The summed E-state index contributed by atoms with van der Waals surface area (Å²) in [6.45, 7) is 2.15. The third kappa shape index (κ3) is 7.92. The minimum absolute atomic E-state index is 0.430. The van der Waals surface area contributed by atoms with Gasteiger partial charge in [0.05, 0.1) is 6.42 Å². The Morgan fingerprint density at radius 1 is 0.958 bits per heavy atom. The summed E-state index contributed by atoms with van der Waals surface area (Å²) in [7, 11) is -5.10. The highest BCUT2D eigenvalue weighted by Crippen LogP contribution is 2.24. The number of carboxylic acid groups (broad SMARTS) is 2. The van der Waals surface area contributed by atoms with Gasteiger partial charge in [0.2, 0.25) is 4.75 Å². The average Bonchev–Trinajstić information content (AvgIpc) is 2.46. The van der Waals surface area contributed by atoms with Gasteiger partial charge in [0.1, 0.15) is 0 Å². The number of carboxylic acids is 2. The first-order valence-corrected chi connectivity index (χ1v) is 9.71. The maximum atomic E-state index is 11.4. The van der Waals surface area contributed by atoms with E-state index >= 15 is 0 Å². The predicted molar refractivity (Wildman–Crippen MR) is 90.5 cm³/mol. The molecule has 0 saturated carbocycles. The number of unbranched alkanes of at least 4 members (excludes halogenated alkanes) is 8. The van der Waals surface area contributed by atoms with Crippen LogP contribution >= 0.6 is 0 Å². The standard InChI is InChI=1S/C16H28O7S/c1-2-3-4-5-6-7-8-9-10-11-12-16(15(19)20,13-14(17)18)24(21,22)23/h11-12H,2-10,13H2,1H3,(H,17,18)(H,19,20)(H,21,22,23)/b12-11+. The molecule has 0 saturated heterocycles. The predicted octanol–water partition coefficient (Wildman–Crippen LogP) is 3.26. The number of aliphatic carboxylic acids is 2. The zero-order valence-electron chi connectivity index (χ0n) is 14.1. The first-order chi connectivity index (χ1) is 11.2. The van der Waals surface area contributed by atoms with E-state index in [0.29, 0.717) is 6.42 Å². The molecule has 24 heavy (non-hydrogen) atoms. The van der Waals surface area contributed by atoms with Crippen molar-refractivity contribution in [2.75, 3.05) is 0 Å². The first kappa shape index (κ1) is 22.6. The molecule has 0 amide bonds. The van der Waals surface area contributed by atoms with Gasteiger partial charge >= 0.3 is 11.9 Å². The van der Waals surface area contributed by atoms with E-state index in [-0.39, 0.29) is 0 Å². The van der Waals surface area contributed by atoms with Crippen molar-refractivity contribution in [3.05, 3.63) is 12.2 Å². The van der Waals surface area contributed by atoms with Crippen molar-refractivity contribution in [1.82, 2.24) is 0 Å². The van der Waals surface area contributed by atoms with E-state index in [1.165, 1.54) is 31.8 Å². The number of hydrogen-bond donors (Lipinski definition) is 3. The molecular weight excluding hydrogens is 336 g/mol. The molecule has 0 aromatic rings. The van der Waals surface area contributed by atoms with Gasteiger partial charge in [-0.15, -0.1) is 0 Å². The van der Waals surface area contributed by atoms with Gasteiger partial charge in [-0.05, 0) is 12.8 Å². The van der Waals surface area contributed by atoms with Gasteiger partial charge < -0.3 is 10.2 Å². The van der Waals surface area contributed by atoms with E-state index in [2.05, 4.69) is 6.92 Å². The zero-order chi connectivity index (χ0) is 18.6. The summed E-state index contributed by atoms with van der Waals surface area (Å²) in [5.74, 6) is -3.52. The smallest absolute Gasteiger partial charge is 0.332 e. The van der Waals surface area contributed by atoms with Crippen molar-refractivity contribution >= 4 is 22.1 Å². The molecule has 0 aliphatic carbocycles. The summed E-state index contributed by atoms with van der Waals surface area (Å²) < 4.78 is 29.1. The molecule has 1 unspecified atom stereocenters. The van der Waals surface area contributed by atoms with Gasteiger partial charge in [0.25, 0.3) is 10.1 Å². The van der Waals surface area contributed by atoms with Crippen LogP contribution in [0.25, 0.3) is 0 Å². The monoisotopic (exact) mass is 364 g/mol. The molecule has 3 N–H and O–H groups in total. The summed E-state index contributed by atoms with van der Waals surface area (Å²) in [4.78, 5) is 22.0. The van der Waals surface area contributed by atoms with Crippen molar-refractivity contribution in [1.29, 1.82) is 0 Å². The molecule has 0 aliphatic heterocycles.